The molecular weight excluding hydrogens is 280 g/mol. The number of carbonyl (C=O) groups is 1. The molecule has 0 atom stereocenters. The van der Waals surface area contributed by atoms with Gasteiger partial charge >= 0.3 is 0 Å². The number of nitrogens with one attached hydrogen (secondary N) is 1. The molecule has 0 spiro atoms. The Labute approximate surface area is 123 Å². The number of benzene rings is 1. The summed E-state index contributed by atoms with van der Waals surface area (Å²) in [6.07, 6.45) is 2.61. The van der Waals surface area contributed by atoms with Crippen LogP contribution in [0, 0.1) is 0 Å². The van der Waals surface area contributed by atoms with Crippen LogP contribution in [0.5, 0.6) is 11.5 Å². The number of nitrogens with two attached hydrogens (primary N) is 1. The van der Waals surface area contributed by atoms with Gasteiger partial charge in [-0.25, -0.2) is 0 Å². The SMILES string of the molecule is COc1cc(CNC2CC2)cc(Cl)c1OCCC(N)=O. The van der Waals surface area contributed by atoms with Crippen LogP contribution in [0.2, 0.25) is 5.02 Å². The second kappa shape index (κ2) is 6.81. The third-order valence-electron chi connectivity index (χ3n) is 3.06. The minimum absolute atomic E-state index is 0.143. The lowest BCUT2D eigenvalue weighted by Gasteiger charge is -2.14. The van der Waals surface area contributed by atoms with E-state index >= 15 is 0 Å². The lowest BCUT2D eigenvalue weighted by Crippen LogP contribution is -2.16. The summed E-state index contributed by atoms with van der Waals surface area (Å²) >= 11 is 6.21. The number of amides is 1. The smallest absolute Gasteiger partial charge is 0.220 e. The first-order valence-corrected chi connectivity index (χ1v) is 6.99. The average Bonchev–Trinajstić information content (AvgIpc) is 3.22. The van der Waals surface area contributed by atoms with Gasteiger partial charge in [-0.2, -0.15) is 0 Å². The highest BCUT2D eigenvalue weighted by atomic mass is 35.5. The number of hydrogen-bond donors (Lipinski definition) is 2. The van der Waals surface area contributed by atoms with Crippen molar-refractivity contribution in [3.8, 4) is 11.5 Å². The van der Waals surface area contributed by atoms with Gasteiger partial charge in [-0.15, -0.1) is 0 Å². The second-order valence-corrected chi connectivity index (χ2v) is 5.24. The molecule has 1 saturated carbocycles. The van der Waals surface area contributed by atoms with Crippen LogP contribution in [-0.2, 0) is 11.3 Å². The predicted molar refractivity (Wildman–Crippen MR) is 77.2 cm³/mol. The minimum atomic E-state index is -0.412. The van der Waals surface area contributed by atoms with Gasteiger partial charge in [0, 0.05) is 12.6 Å². The van der Waals surface area contributed by atoms with Crippen molar-refractivity contribution >= 4 is 17.5 Å². The first-order chi connectivity index (χ1) is 9.60. The molecule has 1 fully saturated rings. The lowest BCUT2D eigenvalue weighted by atomic mass is 10.2. The second-order valence-electron chi connectivity index (χ2n) is 4.83. The fourth-order valence-corrected chi connectivity index (χ4v) is 2.11. The van der Waals surface area contributed by atoms with Crippen molar-refractivity contribution in [1.29, 1.82) is 0 Å². The molecule has 0 aromatic heterocycles. The van der Waals surface area contributed by atoms with Gasteiger partial charge < -0.3 is 20.5 Å². The van der Waals surface area contributed by atoms with E-state index in [0.717, 1.165) is 12.1 Å². The van der Waals surface area contributed by atoms with Crippen molar-refractivity contribution in [2.24, 2.45) is 5.73 Å². The largest absolute Gasteiger partial charge is 0.493 e. The molecule has 6 heteroatoms. The van der Waals surface area contributed by atoms with Gasteiger partial charge in [0.05, 0.1) is 25.2 Å². The topological polar surface area (TPSA) is 73.6 Å². The Morgan fingerprint density at radius 2 is 2.25 bits per heavy atom. The van der Waals surface area contributed by atoms with Gasteiger partial charge in [0.25, 0.3) is 0 Å². The van der Waals surface area contributed by atoms with Crippen LogP contribution < -0.4 is 20.5 Å². The molecular formula is C14H19ClN2O3. The van der Waals surface area contributed by atoms with Crippen LogP contribution >= 0.6 is 11.6 Å². The lowest BCUT2D eigenvalue weighted by molar-refractivity contribution is -0.118. The fourth-order valence-electron chi connectivity index (χ4n) is 1.82. The fraction of sp³-hybridized carbons (Fsp3) is 0.500. The Morgan fingerprint density at radius 3 is 2.85 bits per heavy atom. The van der Waals surface area contributed by atoms with Crippen molar-refractivity contribution in [2.45, 2.75) is 31.8 Å². The van der Waals surface area contributed by atoms with E-state index < -0.39 is 5.91 Å². The standard InChI is InChI=1S/C14H19ClN2O3/c1-19-12-7-9(8-17-10-2-3-10)6-11(15)14(12)20-5-4-13(16)18/h6-7,10,17H,2-5,8H2,1H3,(H2,16,18). The van der Waals surface area contributed by atoms with Gasteiger partial charge in [-0.1, -0.05) is 11.6 Å². The van der Waals surface area contributed by atoms with Crippen molar-refractivity contribution in [3.63, 3.8) is 0 Å². The summed E-state index contributed by atoms with van der Waals surface area (Å²) in [5, 5.41) is 3.89. The maximum atomic E-state index is 10.7. The summed E-state index contributed by atoms with van der Waals surface area (Å²) in [5.74, 6) is 0.602. The quantitative estimate of drug-likeness (QED) is 0.768. The normalized spacial score (nSPS) is 14.1. The minimum Gasteiger partial charge on any atom is -0.493 e. The van der Waals surface area contributed by atoms with Crippen molar-refractivity contribution in [1.82, 2.24) is 5.32 Å². The summed E-state index contributed by atoms with van der Waals surface area (Å²) in [7, 11) is 1.56. The first kappa shape index (κ1) is 14.9. The number of primary amides is 1. The molecule has 0 saturated heterocycles. The zero-order valence-corrected chi connectivity index (χ0v) is 12.2. The summed E-state index contributed by atoms with van der Waals surface area (Å²) in [5.41, 5.74) is 6.11. The van der Waals surface area contributed by atoms with E-state index in [1.54, 1.807) is 7.11 Å². The Morgan fingerprint density at radius 1 is 1.50 bits per heavy atom. The van der Waals surface area contributed by atoms with Crippen molar-refractivity contribution in [2.75, 3.05) is 13.7 Å². The molecule has 1 aromatic rings. The molecule has 2 rings (SSSR count). The summed E-state index contributed by atoms with van der Waals surface area (Å²) in [6, 6.07) is 4.37. The van der Waals surface area contributed by atoms with E-state index in [4.69, 9.17) is 26.8 Å². The van der Waals surface area contributed by atoms with E-state index in [1.807, 2.05) is 12.1 Å². The molecule has 0 bridgehead atoms. The van der Waals surface area contributed by atoms with Gasteiger partial charge in [0.2, 0.25) is 5.91 Å². The third kappa shape index (κ3) is 4.28. The predicted octanol–water partition coefficient (Wildman–Crippen LogP) is 1.85. The number of rotatable bonds is 8. The third-order valence-corrected chi connectivity index (χ3v) is 3.34. The van der Waals surface area contributed by atoms with E-state index in [0.29, 0.717) is 22.6 Å². The number of ether oxygens (including phenoxy) is 2. The molecule has 0 radical (unpaired) electrons. The molecule has 3 N–H and O–H groups in total. The van der Waals surface area contributed by atoms with Crippen molar-refractivity contribution < 1.29 is 14.3 Å². The average molecular weight is 299 g/mol. The molecule has 0 heterocycles. The summed E-state index contributed by atoms with van der Waals surface area (Å²) in [6.45, 7) is 0.938. The van der Waals surface area contributed by atoms with E-state index in [2.05, 4.69) is 5.32 Å². The highest BCUT2D eigenvalue weighted by Gasteiger charge is 2.20. The Balaban J connectivity index is 2.03. The van der Waals surface area contributed by atoms with Crippen molar-refractivity contribution in [3.05, 3.63) is 22.7 Å². The molecule has 1 aliphatic rings. The zero-order valence-electron chi connectivity index (χ0n) is 11.4. The molecule has 0 unspecified atom stereocenters. The molecule has 20 heavy (non-hydrogen) atoms. The van der Waals surface area contributed by atoms with Crippen LogP contribution in [0.4, 0.5) is 0 Å². The number of methoxy groups -OCH3 is 1. The molecule has 5 nitrogen and oxygen atoms in total. The zero-order chi connectivity index (χ0) is 14.5. The van der Waals surface area contributed by atoms with Crippen LogP contribution in [0.15, 0.2) is 12.1 Å². The first-order valence-electron chi connectivity index (χ1n) is 6.61. The number of hydrogen-bond acceptors (Lipinski definition) is 4. The van der Waals surface area contributed by atoms with Gasteiger partial charge in [0.15, 0.2) is 11.5 Å². The highest BCUT2D eigenvalue weighted by molar-refractivity contribution is 6.32. The Kier molecular flexibility index (Phi) is 5.09. The van der Waals surface area contributed by atoms with Gasteiger partial charge in [0.1, 0.15) is 0 Å². The molecule has 1 amide bonds. The maximum absolute atomic E-state index is 10.7. The maximum Gasteiger partial charge on any atom is 0.220 e. The molecule has 110 valence electrons. The van der Waals surface area contributed by atoms with E-state index in [9.17, 15) is 4.79 Å². The summed E-state index contributed by atoms with van der Waals surface area (Å²) < 4.78 is 10.8. The molecule has 0 aliphatic heterocycles. The van der Waals surface area contributed by atoms with Crippen LogP contribution in [-0.4, -0.2) is 25.7 Å². The Hall–Kier alpha value is -1.46. The molecule has 1 aromatic carbocycles. The monoisotopic (exact) mass is 298 g/mol. The molecule has 1 aliphatic carbocycles. The van der Waals surface area contributed by atoms with E-state index in [-0.39, 0.29) is 13.0 Å². The number of halogens is 1. The summed E-state index contributed by atoms with van der Waals surface area (Å²) in [4.78, 5) is 10.7. The Bertz CT molecular complexity index is 490. The van der Waals surface area contributed by atoms with Crippen LogP contribution in [0.1, 0.15) is 24.8 Å². The highest BCUT2D eigenvalue weighted by Crippen LogP contribution is 2.36. The number of carbonyl (C=O) groups excluding carboxylic acids is 1. The van der Waals surface area contributed by atoms with Gasteiger partial charge in [-0.3, -0.25) is 4.79 Å². The van der Waals surface area contributed by atoms with E-state index in [1.165, 1.54) is 12.8 Å². The van der Waals surface area contributed by atoms with Crippen LogP contribution in [0.25, 0.3) is 0 Å². The van der Waals surface area contributed by atoms with Gasteiger partial charge in [-0.05, 0) is 30.5 Å². The van der Waals surface area contributed by atoms with Crippen LogP contribution in [0.3, 0.4) is 0 Å².